The van der Waals surface area contributed by atoms with Gasteiger partial charge in [-0.25, -0.2) is 0 Å². The van der Waals surface area contributed by atoms with Crippen molar-refractivity contribution in [3.63, 3.8) is 0 Å². The SMILES string of the molecule is C=CC(=O)N1CCN(c2nc(OCCN(C)CC3CC3)nc3c2CCN(c2cccc4cccc(C)c24)C3)CC1CC#N. The maximum atomic E-state index is 12.5. The number of hydrogen-bond acceptors (Lipinski definition) is 8. The number of likely N-dealkylation sites (N-methyl/N-ethyl adjacent to an activating group) is 1. The molecule has 1 aliphatic carbocycles. The van der Waals surface area contributed by atoms with Gasteiger partial charge in [0.25, 0.3) is 0 Å². The number of ether oxygens (including phenoxy) is 1. The molecule has 3 aromatic rings. The Morgan fingerprint density at radius 2 is 1.98 bits per heavy atom. The zero-order valence-corrected chi connectivity index (χ0v) is 25.3. The molecule has 1 atom stereocenters. The summed E-state index contributed by atoms with van der Waals surface area (Å²) in [6, 6.07) is 15.4. The van der Waals surface area contributed by atoms with E-state index in [2.05, 4.69) is 77.7 Å². The van der Waals surface area contributed by atoms with Gasteiger partial charge in [0.1, 0.15) is 12.4 Å². The van der Waals surface area contributed by atoms with E-state index < -0.39 is 0 Å². The summed E-state index contributed by atoms with van der Waals surface area (Å²) in [4.78, 5) is 31.2. The minimum absolute atomic E-state index is 0.134. The predicted molar refractivity (Wildman–Crippen MR) is 169 cm³/mol. The smallest absolute Gasteiger partial charge is 0.318 e. The van der Waals surface area contributed by atoms with Crippen molar-refractivity contribution in [2.75, 3.05) is 62.7 Å². The van der Waals surface area contributed by atoms with Crippen molar-refractivity contribution in [2.45, 2.75) is 45.2 Å². The third kappa shape index (κ3) is 6.30. The summed E-state index contributed by atoms with van der Waals surface area (Å²) in [5.41, 5.74) is 4.59. The lowest BCUT2D eigenvalue weighted by Gasteiger charge is -2.42. The average Bonchev–Trinajstić information content (AvgIpc) is 3.84. The van der Waals surface area contributed by atoms with Crippen LogP contribution in [0.2, 0.25) is 0 Å². The van der Waals surface area contributed by atoms with Crippen molar-refractivity contribution < 1.29 is 9.53 Å². The van der Waals surface area contributed by atoms with Crippen LogP contribution >= 0.6 is 0 Å². The molecule has 6 rings (SSSR count). The molecule has 3 aliphatic rings. The van der Waals surface area contributed by atoms with Gasteiger partial charge in [-0.3, -0.25) is 4.79 Å². The number of amides is 1. The second-order valence-electron chi connectivity index (χ2n) is 12.1. The molecule has 0 spiro atoms. The number of benzene rings is 2. The zero-order chi connectivity index (χ0) is 29.9. The summed E-state index contributed by atoms with van der Waals surface area (Å²) in [6.07, 6.45) is 5.05. The Kier molecular flexibility index (Phi) is 8.48. The van der Waals surface area contributed by atoms with Gasteiger partial charge in [-0.15, -0.1) is 0 Å². The number of carbonyl (C=O) groups excluding carboxylic acids is 1. The molecule has 43 heavy (non-hydrogen) atoms. The number of aromatic nitrogens is 2. The predicted octanol–water partition coefficient (Wildman–Crippen LogP) is 4.34. The molecule has 1 saturated heterocycles. The first-order valence-electron chi connectivity index (χ1n) is 15.4. The van der Waals surface area contributed by atoms with E-state index in [0.29, 0.717) is 38.8 Å². The lowest BCUT2D eigenvalue weighted by atomic mass is 9.99. The third-order valence-electron chi connectivity index (χ3n) is 8.99. The van der Waals surface area contributed by atoms with Gasteiger partial charge in [-0.05, 0) is 62.2 Å². The molecule has 1 saturated carbocycles. The Morgan fingerprint density at radius 1 is 1.16 bits per heavy atom. The molecular formula is C34H41N7O2. The Balaban J connectivity index is 1.30. The number of carbonyl (C=O) groups is 1. The van der Waals surface area contributed by atoms with Crippen LogP contribution in [0, 0.1) is 24.2 Å². The van der Waals surface area contributed by atoms with E-state index >= 15 is 0 Å². The highest BCUT2D eigenvalue weighted by atomic mass is 16.5. The van der Waals surface area contributed by atoms with Crippen molar-refractivity contribution in [2.24, 2.45) is 5.92 Å². The molecule has 2 fully saturated rings. The van der Waals surface area contributed by atoms with E-state index in [9.17, 15) is 10.1 Å². The number of rotatable bonds is 10. The Morgan fingerprint density at radius 3 is 2.74 bits per heavy atom. The second-order valence-corrected chi connectivity index (χ2v) is 12.1. The van der Waals surface area contributed by atoms with Crippen molar-refractivity contribution in [1.82, 2.24) is 19.8 Å². The number of anilines is 2. The maximum absolute atomic E-state index is 12.5. The summed E-state index contributed by atoms with van der Waals surface area (Å²) in [5, 5.41) is 12.0. The van der Waals surface area contributed by atoms with E-state index in [1.165, 1.54) is 40.9 Å². The fourth-order valence-corrected chi connectivity index (χ4v) is 6.55. The number of nitriles is 1. The van der Waals surface area contributed by atoms with Gasteiger partial charge in [0.2, 0.25) is 5.91 Å². The van der Waals surface area contributed by atoms with Crippen molar-refractivity contribution in [3.05, 3.63) is 65.9 Å². The molecule has 2 aromatic carbocycles. The van der Waals surface area contributed by atoms with Crippen LogP contribution in [0.5, 0.6) is 6.01 Å². The van der Waals surface area contributed by atoms with Crippen LogP contribution in [0.25, 0.3) is 10.8 Å². The van der Waals surface area contributed by atoms with Crippen LogP contribution in [0.1, 0.15) is 36.1 Å². The monoisotopic (exact) mass is 579 g/mol. The topological polar surface area (TPSA) is 88.8 Å². The van der Waals surface area contributed by atoms with Gasteiger partial charge in [0.15, 0.2) is 0 Å². The van der Waals surface area contributed by atoms with Crippen LogP contribution in [0.15, 0.2) is 49.1 Å². The molecule has 0 N–H and O–H groups in total. The molecule has 0 radical (unpaired) electrons. The van der Waals surface area contributed by atoms with Crippen LogP contribution < -0.4 is 14.5 Å². The lowest BCUT2D eigenvalue weighted by molar-refractivity contribution is -0.128. The molecule has 9 nitrogen and oxygen atoms in total. The fraction of sp³-hybridized carbons (Fsp3) is 0.471. The zero-order valence-electron chi connectivity index (χ0n) is 25.3. The van der Waals surface area contributed by atoms with Crippen molar-refractivity contribution in [1.29, 1.82) is 5.26 Å². The Labute approximate surface area is 254 Å². The Hall–Kier alpha value is -4.16. The molecule has 3 heterocycles. The molecular weight excluding hydrogens is 538 g/mol. The number of nitrogens with zero attached hydrogens (tertiary/aromatic N) is 7. The van der Waals surface area contributed by atoms with E-state index in [1.807, 2.05) is 0 Å². The highest BCUT2D eigenvalue weighted by molar-refractivity contribution is 5.97. The molecule has 1 aromatic heterocycles. The molecule has 1 unspecified atom stereocenters. The van der Waals surface area contributed by atoms with Gasteiger partial charge in [-0.1, -0.05) is 36.9 Å². The van der Waals surface area contributed by atoms with Gasteiger partial charge < -0.3 is 24.3 Å². The fourth-order valence-electron chi connectivity index (χ4n) is 6.55. The first-order chi connectivity index (χ1) is 20.9. The first-order valence-corrected chi connectivity index (χ1v) is 15.4. The maximum Gasteiger partial charge on any atom is 0.318 e. The van der Waals surface area contributed by atoms with Gasteiger partial charge in [-0.2, -0.15) is 15.2 Å². The van der Waals surface area contributed by atoms with Crippen LogP contribution in [0.4, 0.5) is 11.5 Å². The molecule has 0 bridgehead atoms. The molecule has 1 amide bonds. The van der Waals surface area contributed by atoms with Crippen LogP contribution in [0.3, 0.4) is 0 Å². The average molecular weight is 580 g/mol. The van der Waals surface area contributed by atoms with Crippen molar-refractivity contribution in [3.8, 4) is 12.1 Å². The number of aryl methyl sites for hydroxylation is 1. The van der Waals surface area contributed by atoms with E-state index in [-0.39, 0.29) is 18.4 Å². The van der Waals surface area contributed by atoms with Gasteiger partial charge in [0, 0.05) is 55.9 Å². The number of hydrogen-bond donors (Lipinski definition) is 0. The largest absolute Gasteiger partial charge is 0.462 e. The van der Waals surface area contributed by atoms with Crippen LogP contribution in [-0.2, 0) is 17.8 Å². The van der Waals surface area contributed by atoms with E-state index in [1.54, 1.807) is 4.90 Å². The highest BCUT2D eigenvalue weighted by Crippen LogP contribution is 2.36. The molecule has 224 valence electrons. The minimum atomic E-state index is -0.228. The summed E-state index contributed by atoms with van der Waals surface area (Å²) in [6.45, 7) is 11.5. The summed E-state index contributed by atoms with van der Waals surface area (Å²) in [7, 11) is 2.14. The summed E-state index contributed by atoms with van der Waals surface area (Å²) >= 11 is 0. The lowest BCUT2D eigenvalue weighted by Crippen LogP contribution is -2.55. The second kappa shape index (κ2) is 12.6. The summed E-state index contributed by atoms with van der Waals surface area (Å²) < 4.78 is 6.22. The quantitative estimate of drug-likeness (QED) is 0.328. The van der Waals surface area contributed by atoms with Gasteiger partial charge >= 0.3 is 6.01 Å². The van der Waals surface area contributed by atoms with Crippen LogP contribution in [-0.4, -0.2) is 84.6 Å². The van der Waals surface area contributed by atoms with E-state index in [4.69, 9.17) is 14.7 Å². The van der Waals surface area contributed by atoms with Crippen molar-refractivity contribution >= 4 is 28.2 Å². The van der Waals surface area contributed by atoms with E-state index in [0.717, 1.165) is 49.0 Å². The number of piperazine rings is 1. The molecule has 9 heteroatoms. The number of fused-ring (bicyclic) bond motifs is 2. The normalized spacial score (nSPS) is 18.5. The minimum Gasteiger partial charge on any atom is -0.462 e. The first kappa shape index (κ1) is 28.9. The highest BCUT2D eigenvalue weighted by Gasteiger charge is 2.33. The summed E-state index contributed by atoms with van der Waals surface area (Å²) in [5.74, 6) is 1.56. The Bertz CT molecular complexity index is 1540. The standard InChI is InChI=1S/C34H41N7O2/c1-4-31(42)41-18-17-40(22-27(41)13-15-35)33-28-14-16-39(30-10-6-9-26-8-5-7-24(2)32(26)30)23-29(28)36-34(37-33)43-20-19-38(3)21-25-11-12-25/h4-10,25,27H,1,11-14,16-23H2,2-3H3. The van der Waals surface area contributed by atoms with Gasteiger partial charge in [0.05, 0.1) is 30.8 Å². The molecule has 2 aliphatic heterocycles. The third-order valence-corrected chi connectivity index (χ3v) is 8.99.